The van der Waals surface area contributed by atoms with E-state index in [4.69, 9.17) is 16.3 Å². The van der Waals surface area contributed by atoms with Crippen LogP contribution in [0.25, 0.3) is 5.65 Å². The molecule has 0 bridgehead atoms. The highest BCUT2D eigenvalue weighted by Gasteiger charge is 2.22. The van der Waals surface area contributed by atoms with Gasteiger partial charge in [0.15, 0.2) is 0 Å². The molecule has 7 nitrogen and oxygen atoms in total. The average Bonchev–Trinajstić information content (AvgIpc) is 3.12. The van der Waals surface area contributed by atoms with Crippen LogP contribution < -0.4 is 5.56 Å². The Morgan fingerprint density at radius 1 is 1.26 bits per heavy atom. The molecular formula is C19H18ClN3O4. The molecule has 0 spiro atoms. The van der Waals surface area contributed by atoms with Crippen LogP contribution in [-0.2, 0) is 11.3 Å². The molecule has 0 atom stereocenters. The largest absolute Gasteiger partial charge is 0.477 e. The number of benzene rings is 1. The Balaban J connectivity index is 1.83. The van der Waals surface area contributed by atoms with Gasteiger partial charge in [-0.15, -0.1) is 0 Å². The molecule has 27 heavy (non-hydrogen) atoms. The van der Waals surface area contributed by atoms with Crippen LogP contribution in [0.15, 0.2) is 41.3 Å². The lowest BCUT2D eigenvalue weighted by atomic mass is 9.97. The van der Waals surface area contributed by atoms with Crippen molar-refractivity contribution in [2.75, 3.05) is 13.2 Å². The molecule has 4 rings (SSSR count). The minimum absolute atomic E-state index is 0.204. The zero-order chi connectivity index (χ0) is 19.0. The van der Waals surface area contributed by atoms with Crippen molar-refractivity contribution in [2.24, 2.45) is 0 Å². The zero-order valence-electron chi connectivity index (χ0n) is 14.5. The highest BCUT2D eigenvalue weighted by Crippen LogP contribution is 2.26. The number of carbonyl (C=O) groups is 1. The predicted molar refractivity (Wildman–Crippen MR) is 99.8 cm³/mol. The van der Waals surface area contributed by atoms with Crippen LogP contribution in [-0.4, -0.2) is 38.5 Å². The lowest BCUT2D eigenvalue weighted by Crippen LogP contribution is -2.26. The van der Waals surface area contributed by atoms with Crippen LogP contribution in [0, 0.1) is 0 Å². The second-order valence-electron chi connectivity index (χ2n) is 6.63. The van der Waals surface area contributed by atoms with Crippen molar-refractivity contribution in [3.05, 3.63) is 68.7 Å². The number of halogens is 1. The maximum atomic E-state index is 12.6. The van der Waals surface area contributed by atoms with Crippen LogP contribution in [0.5, 0.6) is 0 Å². The monoisotopic (exact) mass is 387 g/mol. The molecule has 0 saturated carbocycles. The summed E-state index contributed by atoms with van der Waals surface area (Å²) in [4.78, 5) is 24.1. The number of hydrogen-bond acceptors (Lipinski definition) is 4. The third-order valence-electron chi connectivity index (χ3n) is 4.85. The van der Waals surface area contributed by atoms with E-state index in [1.165, 1.54) is 10.7 Å². The summed E-state index contributed by atoms with van der Waals surface area (Å²) in [6, 6.07) is 9.16. The van der Waals surface area contributed by atoms with Crippen LogP contribution in [0.2, 0.25) is 5.02 Å². The molecule has 0 amide bonds. The molecule has 2 aromatic heterocycles. The summed E-state index contributed by atoms with van der Waals surface area (Å²) >= 11 is 5.94. The number of fused-ring (bicyclic) bond motifs is 1. The summed E-state index contributed by atoms with van der Waals surface area (Å²) in [5.74, 6) is -1.06. The summed E-state index contributed by atoms with van der Waals surface area (Å²) in [5, 5.41) is 14.5. The van der Waals surface area contributed by atoms with E-state index in [2.05, 4.69) is 5.10 Å². The Kier molecular flexibility index (Phi) is 4.72. The van der Waals surface area contributed by atoms with Gasteiger partial charge in [0.2, 0.25) is 0 Å². The number of ether oxygens (including phenoxy) is 1. The molecule has 1 fully saturated rings. The first-order chi connectivity index (χ1) is 13.0. The first-order valence-electron chi connectivity index (χ1n) is 8.71. The second-order valence-corrected chi connectivity index (χ2v) is 7.07. The van der Waals surface area contributed by atoms with E-state index in [1.807, 2.05) is 18.2 Å². The third kappa shape index (κ3) is 3.48. The van der Waals surface area contributed by atoms with E-state index in [9.17, 15) is 14.7 Å². The molecule has 0 radical (unpaired) electrons. The van der Waals surface area contributed by atoms with E-state index >= 15 is 0 Å². The normalized spacial score (nSPS) is 15.3. The highest BCUT2D eigenvalue weighted by molar-refractivity contribution is 6.30. The Morgan fingerprint density at radius 2 is 1.96 bits per heavy atom. The van der Waals surface area contributed by atoms with Gasteiger partial charge in [0.1, 0.15) is 11.2 Å². The fraction of sp³-hybridized carbons (Fsp3) is 0.316. The molecule has 1 aromatic carbocycles. The van der Waals surface area contributed by atoms with Gasteiger partial charge in [-0.25, -0.2) is 4.79 Å². The van der Waals surface area contributed by atoms with E-state index in [1.54, 1.807) is 16.7 Å². The number of carboxylic acid groups (broad SMARTS) is 1. The lowest BCUT2D eigenvalue weighted by Gasteiger charge is -2.19. The molecule has 1 aliphatic rings. The van der Waals surface area contributed by atoms with E-state index in [0.29, 0.717) is 30.4 Å². The van der Waals surface area contributed by atoms with E-state index < -0.39 is 11.5 Å². The number of aromatic nitrogens is 3. The molecule has 0 unspecified atom stereocenters. The fourth-order valence-corrected chi connectivity index (χ4v) is 3.51. The van der Waals surface area contributed by atoms with Crippen molar-refractivity contribution in [1.29, 1.82) is 0 Å². The van der Waals surface area contributed by atoms with Gasteiger partial charge in [-0.3, -0.25) is 4.79 Å². The van der Waals surface area contributed by atoms with Gasteiger partial charge >= 0.3 is 5.97 Å². The topological polar surface area (TPSA) is 85.8 Å². The molecule has 1 N–H and O–H groups in total. The van der Waals surface area contributed by atoms with Gasteiger partial charge in [0.05, 0.1) is 5.69 Å². The SMILES string of the molecule is O=C(O)c1cn(Cc2ccc(Cl)cc2)c2cc(C3CCOCC3)nn2c1=O. The van der Waals surface area contributed by atoms with Gasteiger partial charge in [-0.2, -0.15) is 9.61 Å². The Bertz CT molecular complexity index is 1050. The minimum atomic E-state index is -1.27. The standard InChI is InChI=1S/C19H18ClN3O4/c20-14-3-1-12(2-4-14)10-22-11-15(19(25)26)18(24)23-17(22)9-16(21-23)13-5-7-27-8-6-13/h1-4,9,11,13H,5-8,10H2,(H,25,26). The smallest absolute Gasteiger partial charge is 0.342 e. The van der Waals surface area contributed by atoms with Gasteiger partial charge in [-0.1, -0.05) is 23.7 Å². The second kappa shape index (κ2) is 7.17. The summed E-state index contributed by atoms with van der Waals surface area (Å²) < 4.78 is 8.33. The predicted octanol–water partition coefficient (Wildman–Crippen LogP) is 2.79. The highest BCUT2D eigenvalue weighted by atomic mass is 35.5. The van der Waals surface area contributed by atoms with E-state index in [-0.39, 0.29) is 11.5 Å². The Hall–Kier alpha value is -2.64. The first-order valence-corrected chi connectivity index (χ1v) is 9.09. The van der Waals surface area contributed by atoms with Gasteiger partial charge in [0.25, 0.3) is 5.56 Å². The van der Waals surface area contributed by atoms with Crippen LogP contribution >= 0.6 is 11.6 Å². The van der Waals surface area contributed by atoms with Crippen LogP contribution in [0.1, 0.15) is 40.4 Å². The summed E-state index contributed by atoms with van der Waals surface area (Å²) in [6.45, 7) is 1.72. The van der Waals surface area contributed by atoms with E-state index in [0.717, 1.165) is 24.1 Å². The van der Waals surface area contributed by atoms with Crippen molar-refractivity contribution in [1.82, 2.24) is 14.2 Å². The van der Waals surface area contributed by atoms with Crippen LogP contribution in [0.3, 0.4) is 0 Å². The lowest BCUT2D eigenvalue weighted by molar-refractivity contribution is 0.0693. The number of carboxylic acids is 1. The molecule has 3 heterocycles. The number of nitrogens with zero attached hydrogens (tertiary/aromatic N) is 3. The minimum Gasteiger partial charge on any atom is -0.477 e. The van der Waals surface area contributed by atoms with Crippen molar-refractivity contribution in [2.45, 2.75) is 25.3 Å². The maximum absolute atomic E-state index is 12.6. The molecule has 1 saturated heterocycles. The maximum Gasteiger partial charge on any atom is 0.342 e. The quantitative estimate of drug-likeness (QED) is 0.744. The number of hydrogen-bond donors (Lipinski definition) is 1. The number of aromatic carboxylic acids is 1. The molecule has 3 aromatic rings. The summed E-state index contributed by atoms with van der Waals surface area (Å²) in [6.07, 6.45) is 3.05. The third-order valence-corrected chi connectivity index (χ3v) is 5.10. The summed E-state index contributed by atoms with van der Waals surface area (Å²) in [7, 11) is 0. The molecule has 140 valence electrons. The van der Waals surface area contributed by atoms with Crippen molar-refractivity contribution < 1.29 is 14.6 Å². The zero-order valence-corrected chi connectivity index (χ0v) is 15.2. The molecular weight excluding hydrogens is 370 g/mol. The van der Waals surface area contributed by atoms with Gasteiger partial charge in [0, 0.05) is 43.0 Å². The molecule has 1 aliphatic heterocycles. The van der Waals surface area contributed by atoms with Gasteiger partial charge < -0.3 is 14.4 Å². The Morgan fingerprint density at radius 3 is 2.63 bits per heavy atom. The Labute approximate surface area is 159 Å². The molecule has 0 aliphatic carbocycles. The summed E-state index contributed by atoms with van der Waals surface area (Å²) in [5.41, 5.74) is 1.38. The van der Waals surface area contributed by atoms with Crippen molar-refractivity contribution >= 4 is 23.2 Å². The first kappa shape index (κ1) is 17.8. The number of rotatable bonds is 4. The average molecular weight is 388 g/mol. The molecule has 8 heteroatoms. The van der Waals surface area contributed by atoms with Crippen molar-refractivity contribution in [3.63, 3.8) is 0 Å². The fourth-order valence-electron chi connectivity index (χ4n) is 3.39. The van der Waals surface area contributed by atoms with Crippen molar-refractivity contribution in [3.8, 4) is 0 Å². The van der Waals surface area contributed by atoms with Crippen LogP contribution in [0.4, 0.5) is 0 Å². The van der Waals surface area contributed by atoms with Gasteiger partial charge in [-0.05, 0) is 30.5 Å².